The van der Waals surface area contributed by atoms with Gasteiger partial charge in [-0.15, -0.1) is 0 Å². The third-order valence-corrected chi connectivity index (χ3v) is 4.02. The van der Waals surface area contributed by atoms with Crippen molar-refractivity contribution in [1.82, 2.24) is 9.29 Å². The predicted molar refractivity (Wildman–Crippen MR) is 60.0 cm³/mol. The molecule has 7 nitrogen and oxygen atoms in total. The first-order chi connectivity index (χ1) is 8.04. The van der Waals surface area contributed by atoms with Crippen LogP contribution in [0.3, 0.4) is 0 Å². The molecule has 8 heteroatoms. The summed E-state index contributed by atoms with van der Waals surface area (Å²) in [5.74, 6) is 0. The third kappa shape index (κ3) is 3.13. The summed E-state index contributed by atoms with van der Waals surface area (Å²) in [5.41, 5.74) is -0.635. The number of aliphatic hydroxyl groups excluding tert-OH is 2. The van der Waals surface area contributed by atoms with Gasteiger partial charge in [-0.3, -0.25) is 4.79 Å². The van der Waals surface area contributed by atoms with Crippen LogP contribution >= 0.6 is 0 Å². The second kappa shape index (κ2) is 5.92. The summed E-state index contributed by atoms with van der Waals surface area (Å²) in [4.78, 5) is 13.5. The minimum atomic E-state index is -3.99. The molecule has 3 N–H and O–H groups in total. The molecular formula is C9H14N2O5S. The molecule has 0 bridgehead atoms. The fraction of sp³-hybridized carbons (Fsp3) is 0.444. The van der Waals surface area contributed by atoms with Gasteiger partial charge in [-0.05, 0) is 0 Å². The molecule has 0 spiro atoms. The summed E-state index contributed by atoms with van der Waals surface area (Å²) in [6, 6.07) is 1.10. The fourth-order valence-corrected chi connectivity index (χ4v) is 2.78. The molecule has 0 radical (unpaired) electrons. The maximum Gasteiger partial charge on any atom is 0.248 e. The normalized spacial score (nSPS) is 11.9. The van der Waals surface area contributed by atoms with E-state index in [9.17, 15) is 13.2 Å². The predicted octanol–water partition coefficient (Wildman–Crippen LogP) is -1.65. The van der Waals surface area contributed by atoms with E-state index >= 15 is 0 Å². The minimum absolute atomic E-state index is 0.169. The SMILES string of the molecule is O=c1cc[nH]cc1S(=O)(=O)N(CCO)CCO. The van der Waals surface area contributed by atoms with E-state index < -0.39 is 20.3 Å². The number of nitrogens with zero attached hydrogens (tertiary/aromatic N) is 1. The molecule has 1 rings (SSSR count). The van der Waals surface area contributed by atoms with Crippen LogP contribution in [0.5, 0.6) is 0 Å². The lowest BCUT2D eigenvalue weighted by Gasteiger charge is -2.19. The van der Waals surface area contributed by atoms with E-state index in [1.165, 1.54) is 6.20 Å². The standard InChI is InChI=1S/C9H14N2O5S/c12-5-3-11(4-6-13)17(15,16)9-7-10-2-1-8(9)14/h1-2,7,12-13H,3-6H2,(H,10,14). The zero-order chi connectivity index (χ0) is 12.9. The molecule has 0 aliphatic carbocycles. The minimum Gasteiger partial charge on any atom is -0.395 e. The first-order valence-electron chi connectivity index (χ1n) is 4.93. The van der Waals surface area contributed by atoms with Crippen molar-refractivity contribution in [1.29, 1.82) is 0 Å². The van der Waals surface area contributed by atoms with Gasteiger partial charge in [0.1, 0.15) is 4.90 Å². The smallest absolute Gasteiger partial charge is 0.248 e. The number of pyridine rings is 1. The first-order valence-corrected chi connectivity index (χ1v) is 6.37. The van der Waals surface area contributed by atoms with Crippen LogP contribution in [0.4, 0.5) is 0 Å². The Morgan fingerprint density at radius 1 is 1.24 bits per heavy atom. The van der Waals surface area contributed by atoms with Crippen molar-refractivity contribution in [2.75, 3.05) is 26.3 Å². The van der Waals surface area contributed by atoms with Crippen molar-refractivity contribution in [2.45, 2.75) is 4.90 Å². The molecule has 0 unspecified atom stereocenters. The van der Waals surface area contributed by atoms with Crippen LogP contribution < -0.4 is 5.43 Å². The Balaban J connectivity index is 3.17. The van der Waals surface area contributed by atoms with Crippen LogP contribution in [-0.4, -0.2) is 54.2 Å². The average molecular weight is 262 g/mol. The molecule has 1 heterocycles. The number of H-pyrrole nitrogens is 1. The summed E-state index contributed by atoms with van der Waals surface area (Å²) in [6.07, 6.45) is 2.41. The van der Waals surface area contributed by atoms with Crippen LogP contribution in [0.1, 0.15) is 0 Å². The Hall–Kier alpha value is -1.22. The molecule has 1 aromatic heterocycles. The number of hydrogen-bond donors (Lipinski definition) is 3. The highest BCUT2D eigenvalue weighted by Crippen LogP contribution is 2.09. The molecule has 1 aromatic rings. The number of rotatable bonds is 6. The molecule has 0 atom stereocenters. The second-order valence-corrected chi connectivity index (χ2v) is 5.13. The van der Waals surface area contributed by atoms with Gasteiger partial charge in [0.2, 0.25) is 15.5 Å². The van der Waals surface area contributed by atoms with Crippen LogP contribution in [0.25, 0.3) is 0 Å². The lowest BCUT2D eigenvalue weighted by atomic mass is 10.5. The largest absolute Gasteiger partial charge is 0.395 e. The maximum absolute atomic E-state index is 12.0. The third-order valence-electron chi connectivity index (χ3n) is 2.10. The van der Waals surface area contributed by atoms with Crippen molar-refractivity contribution in [3.05, 3.63) is 28.7 Å². The van der Waals surface area contributed by atoms with Gasteiger partial charge in [-0.1, -0.05) is 0 Å². The highest BCUT2D eigenvalue weighted by molar-refractivity contribution is 7.89. The number of aliphatic hydroxyl groups is 2. The summed E-state index contributed by atoms with van der Waals surface area (Å²) in [6.45, 7) is -1.11. The topological polar surface area (TPSA) is 111 Å². The number of sulfonamides is 1. The quantitative estimate of drug-likeness (QED) is 0.569. The van der Waals surface area contributed by atoms with Crippen molar-refractivity contribution in [2.24, 2.45) is 0 Å². The number of nitrogens with one attached hydrogen (secondary N) is 1. The van der Waals surface area contributed by atoms with Gasteiger partial charge < -0.3 is 15.2 Å². The molecule has 17 heavy (non-hydrogen) atoms. The summed E-state index contributed by atoms with van der Waals surface area (Å²) in [7, 11) is -3.99. The lowest BCUT2D eigenvalue weighted by Crippen LogP contribution is -2.37. The van der Waals surface area contributed by atoms with Crippen molar-refractivity contribution < 1.29 is 18.6 Å². The number of aromatic nitrogens is 1. The van der Waals surface area contributed by atoms with Crippen LogP contribution in [0.2, 0.25) is 0 Å². The van der Waals surface area contributed by atoms with Gasteiger partial charge in [0.15, 0.2) is 0 Å². The molecule has 0 aliphatic rings. The van der Waals surface area contributed by atoms with Crippen LogP contribution in [0.15, 0.2) is 28.2 Å². The van der Waals surface area contributed by atoms with E-state index in [2.05, 4.69) is 4.98 Å². The molecule has 96 valence electrons. The second-order valence-electron chi connectivity index (χ2n) is 3.22. The highest BCUT2D eigenvalue weighted by atomic mass is 32.2. The van der Waals surface area contributed by atoms with Gasteiger partial charge in [-0.2, -0.15) is 4.31 Å². The van der Waals surface area contributed by atoms with E-state index in [-0.39, 0.29) is 26.3 Å². The van der Waals surface area contributed by atoms with Crippen LogP contribution in [-0.2, 0) is 10.0 Å². The molecule has 0 saturated heterocycles. The van der Waals surface area contributed by atoms with E-state index in [1.807, 2.05) is 0 Å². The summed E-state index contributed by atoms with van der Waals surface area (Å²) in [5, 5.41) is 17.5. The van der Waals surface area contributed by atoms with Crippen LogP contribution in [0, 0.1) is 0 Å². The summed E-state index contributed by atoms with van der Waals surface area (Å²) >= 11 is 0. The fourth-order valence-electron chi connectivity index (χ4n) is 1.32. The zero-order valence-electron chi connectivity index (χ0n) is 9.04. The highest BCUT2D eigenvalue weighted by Gasteiger charge is 2.25. The van der Waals surface area contributed by atoms with E-state index in [1.54, 1.807) is 0 Å². The van der Waals surface area contributed by atoms with E-state index in [4.69, 9.17) is 10.2 Å². The van der Waals surface area contributed by atoms with Gasteiger partial charge in [0, 0.05) is 31.5 Å². The van der Waals surface area contributed by atoms with Gasteiger partial charge in [0.25, 0.3) is 0 Å². The number of hydrogen-bond acceptors (Lipinski definition) is 5. The Labute approximate surface area is 98.4 Å². The first kappa shape index (κ1) is 13.8. The van der Waals surface area contributed by atoms with Gasteiger partial charge >= 0.3 is 0 Å². The Bertz CT molecular complexity index is 504. The molecule has 0 fully saturated rings. The zero-order valence-corrected chi connectivity index (χ0v) is 9.85. The Kier molecular flexibility index (Phi) is 4.82. The summed E-state index contributed by atoms with van der Waals surface area (Å²) < 4.78 is 24.9. The van der Waals surface area contributed by atoms with Crippen molar-refractivity contribution in [3.63, 3.8) is 0 Å². The maximum atomic E-state index is 12.0. The Morgan fingerprint density at radius 2 is 1.82 bits per heavy atom. The van der Waals surface area contributed by atoms with E-state index in [0.29, 0.717) is 0 Å². The molecular weight excluding hydrogens is 248 g/mol. The molecule has 0 amide bonds. The molecule has 0 aromatic carbocycles. The Morgan fingerprint density at radius 3 is 2.29 bits per heavy atom. The monoisotopic (exact) mass is 262 g/mol. The van der Waals surface area contributed by atoms with Crippen molar-refractivity contribution >= 4 is 10.0 Å². The molecule has 0 saturated carbocycles. The average Bonchev–Trinajstić information content (AvgIpc) is 2.29. The lowest BCUT2D eigenvalue weighted by molar-refractivity contribution is 0.217. The van der Waals surface area contributed by atoms with Gasteiger partial charge in [-0.25, -0.2) is 8.42 Å². The van der Waals surface area contributed by atoms with E-state index in [0.717, 1.165) is 16.6 Å². The van der Waals surface area contributed by atoms with Gasteiger partial charge in [0.05, 0.1) is 13.2 Å². The van der Waals surface area contributed by atoms with Crippen molar-refractivity contribution in [3.8, 4) is 0 Å². The number of aromatic amines is 1. The molecule has 0 aliphatic heterocycles.